The summed E-state index contributed by atoms with van der Waals surface area (Å²) in [6.07, 6.45) is 22.1. The van der Waals surface area contributed by atoms with E-state index in [1.807, 2.05) is 0 Å². The lowest BCUT2D eigenvalue weighted by Gasteiger charge is -2.37. The summed E-state index contributed by atoms with van der Waals surface area (Å²) in [5, 5.41) is 0. The van der Waals surface area contributed by atoms with Crippen molar-refractivity contribution in [1.82, 2.24) is 0 Å². The molecule has 1 aromatic rings. The van der Waals surface area contributed by atoms with Crippen LogP contribution in [0.1, 0.15) is 92.2 Å². The summed E-state index contributed by atoms with van der Waals surface area (Å²) in [6.45, 7) is 26.8. The van der Waals surface area contributed by atoms with E-state index in [9.17, 15) is 0 Å². The van der Waals surface area contributed by atoms with Crippen LogP contribution in [0.15, 0.2) is 114 Å². The molecule has 0 saturated heterocycles. The quantitative estimate of drug-likeness (QED) is 0.288. The third kappa shape index (κ3) is 5.13. The minimum Gasteiger partial charge on any atom is -0.0987 e. The zero-order chi connectivity index (χ0) is 27.4. The molecule has 0 heterocycles. The van der Waals surface area contributed by atoms with Gasteiger partial charge in [-0.2, -0.15) is 0 Å². The molecule has 0 radical (unpaired) electrons. The number of hydrogen-bond acceptors (Lipinski definition) is 0. The van der Waals surface area contributed by atoms with Gasteiger partial charge in [0, 0.05) is 10.8 Å². The van der Waals surface area contributed by atoms with E-state index in [2.05, 4.69) is 141 Å². The van der Waals surface area contributed by atoms with Crippen molar-refractivity contribution in [3.05, 3.63) is 125 Å². The minimum absolute atomic E-state index is 0.000966. The first-order valence-electron chi connectivity index (χ1n) is 14.0. The first kappa shape index (κ1) is 28.7. The molecule has 0 nitrogen and oxygen atoms in total. The van der Waals surface area contributed by atoms with Crippen LogP contribution in [-0.2, 0) is 5.41 Å². The highest BCUT2D eigenvalue weighted by Gasteiger charge is 2.42. The van der Waals surface area contributed by atoms with E-state index in [0.717, 1.165) is 25.7 Å². The number of rotatable bonds is 11. The van der Waals surface area contributed by atoms with Gasteiger partial charge in [0.25, 0.3) is 0 Å². The summed E-state index contributed by atoms with van der Waals surface area (Å²) in [5.41, 5.74) is 11.2. The molecule has 2 atom stereocenters. The second-order valence-electron chi connectivity index (χ2n) is 12.0. The second-order valence-corrected chi connectivity index (χ2v) is 12.0. The summed E-state index contributed by atoms with van der Waals surface area (Å²) >= 11 is 0. The molecule has 2 aliphatic rings. The Balaban J connectivity index is 1.89. The Hall–Kier alpha value is -2.86. The van der Waals surface area contributed by atoms with Crippen molar-refractivity contribution in [3.8, 4) is 0 Å². The topological polar surface area (TPSA) is 0 Å². The van der Waals surface area contributed by atoms with E-state index in [1.54, 1.807) is 0 Å². The number of allylic oxidation sites excluding steroid dienone is 14. The van der Waals surface area contributed by atoms with Crippen LogP contribution in [0.4, 0.5) is 0 Å². The van der Waals surface area contributed by atoms with Gasteiger partial charge in [0.1, 0.15) is 0 Å². The normalized spacial score (nSPS) is 24.4. The highest BCUT2D eigenvalue weighted by molar-refractivity contribution is 5.87. The van der Waals surface area contributed by atoms with Crippen LogP contribution >= 0.6 is 0 Å². The maximum Gasteiger partial charge on any atom is 0.0187 e. The van der Waals surface area contributed by atoms with E-state index < -0.39 is 0 Å². The van der Waals surface area contributed by atoms with Gasteiger partial charge in [-0.1, -0.05) is 114 Å². The molecular weight excluding hydrogens is 444 g/mol. The van der Waals surface area contributed by atoms with Crippen LogP contribution < -0.4 is 0 Å². The maximum absolute atomic E-state index is 4.25. The standard InChI is InChI=1S/C37H48/c1-11-18-29-30-21-16-17-22-34(30)36(9,31(29)15-5)25-23-35(7,8)24-26-37(10)32(19-12-2)27(6)28(14-4)33(37)20-13-3/h11-22H,4-5,23-26H2,1-3,6-10H3/b18-11-,19-12-,20-13-. The highest BCUT2D eigenvalue weighted by atomic mass is 14.5. The van der Waals surface area contributed by atoms with E-state index in [4.69, 9.17) is 0 Å². The fourth-order valence-corrected chi connectivity index (χ4v) is 6.69. The van der Waals surface area contributed by atoms with Gasteiger partial charge >= 0.3 is 0 Å². The van der Waals surface area contributed by atoms with Crippen LogP contribution in [0, 0.1) is 10.8 Å². The van der Waals surface area contributed by atoms with E-state index in [-0.39, 0.29) is 16.2 Å². The van der Waals surface area contributed by atoms with E-state index in [1.165, 1.54) is 44.6 Å². The third-order valence-electron chi connectivity index (χ3n) is 9.00. The zero-order valence-corrected chi connectivity index (χ0v) is 24.7. The number of benzene rings is 1. The molecule has 0 heteroatoms. The molecule has 0 fully saturated rings. The Morgan fingerprint density at radius 2 is 1.30 bits per heavy atom. The smallest absolute Gasteiger partial charge is 0.0187 e. The van der Waals surface area contributed by atoms with Crippen LogP contribution in [-0.4, -0.2) is 0 Å². The van der Waals surface area contributed by atoms with Crippen LogP contribution in [0.3, 0.4) is 0 Å². The molecule has 0 aromatic heterocycles. The maximum atomic E-state index is 4.25. The molecule has 0 spiro atoms. The molecule has 2 aliphatic carbocycles. The summed E-state index contributed by atoms with van der Waals surface area (Å²) in [7, 11) is 0. The van der Waals surface area contributed by atoms with Crippen LogP contribution in [0.5, 0.6) is 0 Å². The van der Waals surface area contributed by atoms with Gasteiger partial charge in [-0.15, -0.1) is 0 Å². The lowest BCUT2D eigenvalue weighted by molar-refractivity contribution is 0.241. The Morgan fingerprint density at radius 1 is 0.730 bits per heavy atom. The summed E-state index contributed by atoms with van der Waals surface area (Å²) in [6, 6.07) is 8.94. The lowest BCUT2D eigenvalue weighted by atomic mass is 9.67. The molecule has 0 amide bonds. The largest absolute Gasteiger partial charge is 0.0987 e. The predicted molar refractivity (Wildman–Crippen MR) is 166 cm³/mol. The molecular formula is C37H48. The molecule has 196 valence electrons. The number of fused-ring (bicyclic) bond motifs is 1. The summed E-state index contributed by atoms with van der Waals surface area (Å²) in [5.74, 6) is 0. The SMILES string of the molecule is C=CC1=C(/C=C\C)C(C)(CCC(C)(C)CCC2(C)C(C=C)=C(/C=C\C)c3ccccc32)C(/C=C\C)=C1C. The average molecular weight is 493 g/mol. The van der Waals surface area contributed by atoms with Crippen molar-refractivity contribution in [2.45, 2.75) is 86.5 Å². The summed E-state index contributed by atoms with van der Waals surface area (Å²) in [4.78, 5) is 0. The minimum atomic E-state index is -0.0136. The molecule has 0 bridgehead atoms. The zero-order valence-electron chi connectivity index (χ0n) is 24.7. The van der Waals surface area contributed by atoms with Crippen molar-refractivity contribution < 1.29 is 0 Å². The van der Waals surface area contributed by atoms with Crippen molar-refractivity contribution in [2.75, 3.05) is 0 Å². The van der Waals surface area contributed by atoms with Gasteiger partial charge in [-0.05, 0) is 103 Å². The molecule has 2 unspecified atom stereocenters. The second kappa shape index (κ2) is 11.3. The summed E-state index contributed by atoms with van der Waals surface area (Å²) < 4.78 is 0. The Kier molecular flexibility index (Phi) is 8.74. The van der Waals surface area contributed by atoms with Crippen molar-refractivity contribution in [1.29, 1.82) is 0 Å². The number of hydrogen-bond donors (Lipinski definition) is 0. The highest BCUT2D eigenvalue weighted by Crippen LogP contribution is 2.54. The van der Waals surface area contributed by atoms with Gasteiger partial charge in [0.05, 0.1) is 0 Å². The fourth-order valence-electron chi connectivity index (χ4n) is 6.69. The molecule has 0 aliphatic heterocycles. The Labute approximate surface area is 227 Å². The molecule has 0 N–H and O–H groups in total. The van der Waals surface area contributed by atoms with Crippen LogP contribution in [0.25, 0.3) is 5.57 Å². The van der Waals surface area contributed by atoms with Gasteiger partial charge < -0.3 is 0 Å². The van der Waals surface area contributed by atoms with Crippen molar-refractivity contribution >= 4 is 5.57 Å². The van der Waals surface area contributed by atoms with Gasteiger partial charge in [0.15, 0.2) is 0 Å². The van der Waals surface area contributed by atoms with Crippen molar-refractivity contribution in [2.24, 2.45) is 10.8 Å². The Morgan fingerprint density at radius 3 is 1.86 bits per heavy atom. The average Bonchev–Trinajstić information content (AvgIpc) is 3.23. The first-order valence-corrected chi connectivity index (χ1v) is 14.0. The molecule has 37 heavy (non-hydrogen) atoms. The predicted octanol–water partition coefficient (Wildman–Crippen LogP) is 11.0. The van der Waals surface area contributed by atoms with E-state index in [0.29, 0.717) is 0 Å². The van der Waals surface area contributed by atoms with E-state index >= 15 is 0 Å². The monoisotopic (exact) mass is 492 g/mol. The first-order chi connectivity index (χ1) is 17.5. The van der Waals surface area contributed by atoms with Gasteiger partial charge in [0.2, 0.25) is 0 Å². The Bertz CT molecular complexity index is 1230. The van der Waals surface area contributed by atoms with Gasteiger partial charge in [-0.3, -0.25) is 0 Å². The van der Waals surface area contributed by atoms with Crippen LogP contribution in [0.2, 0.25) is 0 Å². The fraction of sp³-hybridized carbons (Fsp3) is 0.405. The van der Waals surface area contributed by atoms with Gasteiger partial charge in [-0.25, -0.2) is 0 Å². The molecule has 1 aromatic carbocycles. The molecule has 0 saturated carbocycles. The molecule has 3 rings (SSSR count). The third-order valence-corrected chi connectivity index (χ3v) is 9.00. The lowest BCUT2D eigenvalue weighted by Crippen LogP contribution is -2.27. The van der Waals surface area contributed by atoms with Crippen molar-refractivity contribution in [3.63, 3.8) is 0 Å².